The molecule has 0 unspecified atom stereocenters. The predicted octanol–water partition coefficient (Wildman–Crippen LogP) is 6.47. The van der Waals surface area contributed by atoms with Crippen molar-refractivity contribution in [2.45, 2.75) is 59.1 Å². The summed E-state index contributed by atoms with van der Waals surface area (Å²) in [6.07, 6.45) is 2.74. The Morgan fingerprint density at radius 1 is 1.02 bits per heavy atom. The number of halogens is 1. The number of aromatic nitrogens is 5. The molecule has 1 aliphatic heterocycles. The number of nitrogens with zero attached hydrogens (tertiary/aromatic N) is 6. The molecule has 0 bridgehead atoms. The summed E-state index contributed by atoms with van der Waals surface area (Å²) in [6.45, 7) is 10.7. The van der Waals surface area contributed by atoms with Gasteiger partial charge in [0.1, 0.15) is 22.8 Å². The Hall–Kier alpha value is -4.34. The first-order chi connectivity index (χ1) is 19.1. The number of likely N-dealkylation sites (tertiary alicyclic amines) is 1. The van der Waals surface area contributed by atoms with E-state index in [1.165, 1.54) is 12.1 Å². The number of ether oxygens (including phenoxy) is 1. The Morgan fingerprint density at radius 2 is 1.70 bits per heavy atom. The van der Waals surface area contributed by atoms with E-state index in [9.17, 15) is 9.18 Å². The Labute approximate surface area is 233 Å². The molecule has 0 spiro atoms. The van der Waals surface area contributed by atoms with Gasteiger partial charge in [0, 0.05) is 30.5 Å². The molecule has 1 amide bonds. The van der Waals surface area contributed by atoms with Crippen LogP contribution in [0.2, 0.25) is 0 Å². The van der Waals surface area contributed by atoms with Crippen molar-refractivity contribution in [2.24, 2.45) is 0 Å². The molecule has 208 valence electrons. The van der Waals surface area contributed by atoms with Crippen molar-refractivity contribution in [3.8, 4) is 22.6 Å². The van der Waals surface area contributed by atoms with E-state index in [2.05, 4.69) is 26.7 Å². The highest BCUT2D eigenvalue weighted by Gasteiger charge is 2.30. The average molecular weight is 544 g/mol. The Bertz CT molecular complexity index is 1480. The number of hydrogen-bond donors (Lipinski definition) is 1. The fraction of sp³-hybridized carbons (Fsp3) is 0.367. The summed E-state index contributed by atoms with van der Waals surface area (Å²) in [4.78, 5) is 23.6. The van der Waals surface area contributed by atoms with E-state index >= 15 is 0 Å². The number of amides is 1. The Balaban J connectivity index is 1.47. The van der Waals surface area contributed by atoms with Crippen LogP contribution in [0.4, 0.5) is 20.8 Å². The van der Waals surface area contributed by atoms with Crippen molar-refractivity contribution < 1.29 is 13.9 Å². The minimum absolute atomic E-state index is 0.0128. The van der Waals surface area contributed by atoms with Crippen LogP contribution in [0, 0.1) is 19.7 Å². The zero-order valence-electron chi connectivity index (χ0n) is 23.5. The summed E-state index contributed by atoms with van der Waals surface area (Å²) in [5, 5.41) is 12.4. The number of carbonyl (C=O) groups excluding carboxylic acids is 1. The second kappa shape index (κ2) is 11.0. The molecule has 9 nitrogen and oxygen atoms in total. The molecule has 1 aliphatic rings. The average Bonchev–Trinajstić information content (AvgIpc) is 3.33. The fourth-order valence-electron chi connectivity index (χ4n) is 4.94. The Kier molecular flexibility index (Phi) is 7.51. The number of rotatable bonds is 5. The fourth-order valence-corrected chi connectivity index (χ4v) is 4.94. The number of carbonyl (C=O) groups is 1. The normalized spacial score (nSPS) is 14.3. The minimum atomic E-state index is -0.549. The molecule has 0 saturated carbocycles. The first kappa shape index (κ1) is 27.2. The lowest BCUT2D eigenvalue weighted by atomic mass is 10.0. The molecule has 1 N–H and O–H groups in total. The van der Waals surface area contributed by atoms with Gasteiger partial charge in [0.15, 0.2) is 0 Å². The monoisotopic (exact) mass is 543 g/mol. The van der Waals surface area contributed by atoms with Crippen LogP contribution in [-0.4, -0.2) is 54.6 Å². The molecule has 5 rings (SSSR count). The second-order valence-electron chi connectivity index (χ2n) is 11.2. The van der Waals surface area contributed by atoms with E-state index in [0.717, 1.165) is 22.4 Å². The molecule has 3 heterocycles. The third kappa shape index (κ3) is 6.27. The highest BCUT2D eigenvalue weighted by Crippen LogP contribution is 2.35. The Morgan fingerprint density at radius 3 is 2.35 bits per heavy atom. The SMILES string of the molecule is Cc1cc(C)cc(Nc2nccc(-c3c(-c4ccc(F)cc4)nnn3C3CCN(C(=O)OC(C)(C)C)CC3)n2)c1. The summed E-state index contributed by atoms with van der Waals surface area (Å²) in [5.41, 5.74) is 5.31. The van der Waals surface area contributed by atoms with Crippen LogP contribution in [0.1, 0.15) is 50.8 Å². The van der Waals surface area contributed by atoms with E-state index in [-0.39, 0.29) is 18.0 Å². The lowest BCUT2D eigenvalue weighted by Gasteiger charge is -2.33. The van der Waals surface area contributed by atoms with Gasteiger partial charge in [-0.15, -0.1) is 5.10 Å². The number of benzene rings is 2. The van der Waals surface area contributed by atoms with Gasteiger partial charge in [-0.1, -0.05) is 11.3 Å². The highest BCUT2D eigenvalue weighted by atomic mass is 19.1. The van der Waals surface area contributed by atoms with Gasteiger partial charge in [0.05, 0.1) is 11.7 Å². The van der Waals surface area contributed by atoms with Gasteiger partial charge in [-0.25, -0.2) is 23.8 Å². The minimum Gasteiger partial charge on any atom is -0.444 e. The summed E-state index contributed by atoms with van der Waals surface area (Å²) >= 11 is 0. The molecule has 2 aromatic carbocycles. The first-order valence-electron chi connectivity index (χ1n) is 13.4. The molecule has 0 aliphatic carbocycles. The molecule has 0 atom stereocenters. The lowest BCUT2D eigenvalue weighted by molar-refractivity contribution is 0.0185. The maximum absolute atomic E-state index is 13.7. The molecular weight excluding hydrogens is 509 g/mol. The van der Waals surface area contributed by atoms with Gasteiger partial charge >= 0.3 is 6.09 Å². The number of aryl methyl sites for hydroxylation is 2. The van der Waals surface area contributed by atoms with Crippen LogP contribution in [0.3, 0.4) is 0 Å². The van der Waals surface area contributed by atoms with Crippen molar-refractivity contribution in [2.75, 3.05) is 18.4 Å². The quantitative estimate of drug-likeness (QED) is 0.308. The molecule has 1 fully saturated rings. The number of anilines is 2. The number of hydrogen-bond acceptors (Lipinski definition) is 7. The third-order valence-corrected chi connectivity index (χ3v) is 6.65. The summed E-state index contributed by atoms with van der Waals surface area (Å²) in [5.74, 6) is 0.120. The maximum Gasteiger partial charge on any atom is 0.410 e. The van der Waals surface area contributed by atoms with E-state index in [4.69, 9.17) is 9.72 Å². The molecule has 4 aromatic rings. The van der Waals surface area contributed by atoms with E-state index in [1.807, 2.05) is 57.5 Å². The summed E-state index contributed by atoms with van der Waals surface area (Å²) in [7, 11) is 0. The third-order valence-electron chi connectivity index (χ3n) is 6.65. The predicted molar refractivity (Wildman–Crippen MR) is 152 cm³/mol. The van der Waals surface area contributed by atoms with Crippen molar-refractivity contribution in [3.63, 3.8) is 0 Å². The molecule has 10 heteroatoms. The molecule has 2 aromatic heterocycles. The van der Waals surface area contributed by atoms with Crippen molar-refractivity contribution >= 4 is 17.7 Å². The number of nitrogens with one attached hydrogen (secondary N) is 1. The van der Waals surface area contributed by atoms with Crippen LogP contribution >= 0.6 is 0 Å². The van der Waals surface area contributed by atoms with Crippen LogP contribution in [0.25, 0.3) is 22.6 Å². The largest absolute Gasteiger partial charge is 0.444 e. The van der Waals surface area contributed by atoms with Gasteiger partial charge in [-0.2, -0.15) is 0 Å². The highest BCUT2D eigenvalue weighted by molar-refractivity contribution is 5.77. The smallest absolute Gasteiger partial charge is 0.410 e. The van der Waals surface area contributed by atoms with Gasteiger partial charge in [-0.3, -0.25) is 0 Å². The van der Waals surface area contributed by atoms with Crippen LogP contribution in [0.5, 0.6) is 0 Å². The lowest BCUT2D eigenvalue weighted by Crippen LogP contribution is -2.42. The van der Waals surface area contributed by atoms with Gasteiger partial charge in [0.2, 0.25) is 5.95 Å². The van der Waals surface area contributed by atoms with Crippen molar-refractivity contribution in [1.82, 2.24) is 29.9 Å². The van der Waals surface area contributed by atoms with Gasteiger partial charge < -0.3 is 15.0 Å². The molecular formula is C30H34FN7O2. The van der Waals surface area contributed by atoms with E-state index in [1.54, 1.807) is 23.2 Å². The van der Waals surface area contributed by atoms with E-state index < -0.39 is 5.60 Å². The van der Waals surface area contributed by atoms with Crippen LogP contribution in [0.15, 0.2) is 54.7 Å². The van der Waals surface area contributed by atoms with E-state index in [0.29, 0.717) is 49.0 Å². The van der Waals surface area contributed by atoms with Crippen molar-refractivity contribution in [3.05, 3.63) is 71.7 Å². The number of piperidine rings is 1. The molecule has 40 heavy (non-hydrogen) atoms. The first-order valence-corrected chi connectivity index (χ1v) is 13.4. The zero-order valence-corrected chi connectivity index (χ0v) is 23.5. The topological polar surface area (TPSA) is 98.1 Å². The molecule has 1 saturated heterocycles. The second-order valence-corrected chi connectivity index (χ2v) is 11.2. The maximum atomic E-state index is 13.7. The van der Waals surface area contributed by atoms with Gasteiger partial charge in [-0.05, 0) is 101 Å². The van der Waals surface area contributed by atoms with Gasteiger partial charge in [0.25, 0.3) is 0 Å². The molecule has 0 radical (unpaired) electrons. The standard InChI is InChI=1S/C30H34FN7O2/c1-19-16-20(2)18-23(17-19)33-28-32-13-10-25(34-28)27-26(21-6-8-22(31)9-7-21)35-36-38(27)24-11-14-37(15-12-24)29(39)40-30(3,4)5/h6-10,13,16-18,24H,11-12,14-15H2,1-5H3,(H,32,33,34). The summed E-state index contributed by atoms with van der Waals surface area (Å²) < 4.78 is 21.2. The van der Waals surface area contributed by atoms with Crippen molar-refractivity contribution in [1.29, 1.82) is 0 Å². The zero-order chi connectivity index (χ0) is 28.4. The summed E-state index contributed by atoms with van der Waals surface area (Å²) in [6, 6.07) is 14.2. The van der Waals surface area contributed by atoms with Crippen LogP contribution in [-0.2, 0) is 4.74 Å². The van der Waals surface area contributed by atoms with Crippen LogP contribution < -0.4 is 5.32 Å².